The highest BCUT2D eigenvalue weighted by Crippen LogP contribution is 2.20. The molecule has 2 rings (SSSR count). The molecule has 0 fully saturated rings. The average molecular weight is 252 g/mol. The predicted octanol–water partition coefficient (Wildman–Crippen LogP) is 2.35. The molecule has 1 aromatic heterocycles. The molecular weight excluding hydrogens is 242 g/mol. The molecule has 2 aromatic rings. The Bertz CT molecular complexity index is 423. The Morgan fingerprint density at radius 2 is 2.21 bits per heavy atom. The molecule has 1 heterocycles. The molecule has 0 spiro atoms. The zero-order valence-electron chi connectivity index (χ0n) is 7.50. The van der Waals surface area contributed by atoms with Gasteiger partial charge in [-0.05, 0) is 23.8 Å². The van der Waals surface area contributed by atoms with Crippen LogP contribution < -0.4 is 5.73 Å². The van der Waals surface area contributed by atoms with Crippen molar-refractivity contribution in [3.8, 4) is 0 Å². The first-order valence-electron chi connectivity index (χ1n) is 4.28. The third-order valence-electron chi connectivity index (χ3n) is 2.05. The highest BCUT2D eigenvalue weighted by atomic mass is 79.9. The number of nitrogens with one attached hydrogen (secondary N) is 1. The Labute approximate surface area is 90.5 Å². The van der Waals surface area contributed by atoms with Gasteiger partial charge in [0.2, 0.25) is 0 Å². The van der Waals surface area contributed by atoms with Crippen molar-refractivity contribution in [2.45, 2.75) is 6.42 Å². The van der Waals surface area contributed by atoms with E-state index in [9.17, 15) is 0 Å². The number of H-pyrrole nitrogens is 1. The molecule has 72 valence electrons. The van der Waals surface area contributed by atoms with Gasteiger partial charge in [0.1, 0.15) is 0 Å². The van der Waals surface area contributed by atoms with E-state index in [4.69, 9.17) is 5.73 Å². The maximum absolute atomic E-state index is 5.87. The van der Waals surface area contributed by atoms with E-state index in [1.807, 2.05) is 24.3 Å². The number of benzene rings is 1. The molecule has 0 radical (unpaired) electrons. The van der Waals surface area contributed by atoms with E-state index in [0.717, 1.165) is 27.8 Å². The van der Waals surface area contributed by atoms with E-state index < -0.39 is 0 Å². The molecule has 0 amide bonds. The lowest BCUT2D eigenvalue weighted by atomic mass is 10.1. The number of aromatic nitrogens is 2. The van der Waals surface area contributed by atoms with Crippen LogP contribution in [0, 0.1) is 0 Å². The molecule has 0 aliphatic heterocycles. The summed E-state index contributed by atoms with van der Waals surface area (Å²) in [6.07, 6.45) is 2.53. The van der Waals surface area contributed by atoms with Crippen molar-refractivity contribution in [3.05, 3.63) is 46.2 Å². The second-order valence-corrected chi connectivity index (χ2v) is 4.02. The van der Waals surface area contributed by atoms with Crippen LogP contribution in [-0.2, 0) is 6.42 Å². The van der Waals surface area contributed by atoms with Crippen molar-refractivity contribution in [1.29, 1.82) is 0 Å². The van der Waals surface area contributed by atoms with E-state index in [1.54, 1.807) is 6.20 Å². The van der Waals surface area contributed by atoms with Crippen LogP contribution >= 0.6 is 15.9 Å². The molecule has 3 N–H and O–H groups in total. The number of halogens is 1. The van der Waals surface area contributed by atoms with Gasteiger partial charge in [-0.2, -0.15) is 5.10 Å². The van der Waals surface area contributed by atoms with Crippen LogP contribution in [0.25, 0.3) is 0 Å². The minimum absolute atomic E-state index is 0.791. The number of anilines is 1. The second kappa shape index (κ2) is 3.84. The molecule has 14 heavy (non-hydrogen) atoms. The summed E-state index contributed by atoms with van der Waals surface area (Å²) < 4.78 is 1.00. The van der Waals surface area contributed by atoms with Crippen molar-refractivity contribution >= 4 is 21.6 Å². The number of aromatic amines is 1. The fraction of sp³-hybridized carbons (Fsp3) is 0.100. The Hall–Kier alpha value is -1.29. The van der Waals surface area contributed by atoms with Gasteiger partial charge in [-0.3, -0.25) is 5.10 Å². The molecule has 0 unspecified atom stereocenters. The van der Waals surface area contributed by atoms with Gasteiger partial charge < -0.3 is 5.73 Å². The van der Waals surface area contributed by atoms with Crippen LogP contribution in [0.15, 0.2) is 34.9 Å². The fourth-order valence-electron chi connectivity index (χ4n) is 1.32. The minimum atomic E-state index is 0.791. The zero-order valence-corrected chi connectivity index (χ0v) is 9.08. The standard InChI is InChI=1S/C10H10BrN3/c11-8-2-1-7(10(12)6-8)5-9-3-4-13-14-9/h1-4,6H,5,12H2,(H,13,14). The van der Waals surface area contributed by atoms with Crippen LogP contribution in [0.2, 0.25) is 0 Å². The Morgan fingerprint density at radius 3 is 2.86 bits per heavy atom. The normalized spacial score (nSPS) is 10.4. The SMILES string of the molecule is Nc1cc(Br)ccc1Cc1ccn[nH]1. The van der Waals surface area contributed by atoms with Crippen LogP contribution in [0.3, 0.4) is 0 Å². The summed E-state index contributed by atoms with van der Waals surface area (Å²) in [4.78, 5) is 0. The van der Waals surface area contributed by atoms with E-state index in [0.29, 0.717) is 0 Å². The summed E-state index contributed by atoms with van der Waals surface area (Å²) in [5.74, 6) is 0. The van der Waals surface area contributed by atoms with Crippen molar-refractivity contribution < 1.29 is 0 Å². The van der Waals surface area contributed by atoms with Crippen LogP contribution in [0.1, 0.15) is 11.3 Å². The first kappa shape index (κ1) is 9.27. The molecular formula is C10H10BrN3. The number of nitrogen functional groups attached to an aromatic ring is 1. The highest BCUT2D eigenvalue weighted by molar-refractivity contribution is 9.10. The molecule has 0 saturated carbocycles. The monoisotopic (exact) mass is 251 g/mol. The Balaban J connectivity index is 2.25. The molecule has 0 atom stereocenters. The number of nitrogens with two attached hydrogens (primary N) is 1. The maximum atomic E-state index is 5.87. The maximum Gasteiger partial charge on any atom is 0.0490 e. The van der Waals surface area contributed by atoms with E-state index >= 15 is 0 Å². The zero-order chi connectivity index (χ0) is 9.97. The van der Waals surface area contributed by atoms with Gasteiger partial charge >= 0.3 is 0 Å². The lowest BCUT2D eigenvalue weighted by Gasteiger charge is -2.04. The summed E-state index contributed by atoms with van der Waals surface area (Å²) in [7, 11) is 0. The molecule has 1 aromatic carbocycles. The van der Waals surface area contributed by atoms with Gasteiger partial charge in [0, 0.05) is 28.5 Å². The van der Waals surface area contributed by atoms with Gasteiger partial charge in [-0.1, -0.05) is 22.0 Å². The first-order chi connectivity index (χ1) is 6.75. The van der Waals surface area contributed by atoms with Crippen molar-refractivity contribution in [2.75, 3.05) is 5.73 Å². The number of nitrogens with zero attached hydrogens (tertiary/aromatic N) is 1. The summed E-state index contributed by atoms with van der Waals surface area (Å²) in [5, 5.41) is 6.80. The van der Waals surface area contributed by atoms with E-state index in [-0.39, 0.29) is 0 Å². The topological polar surface area (TPSA) is 54.7 Å². The summed E-state index contributed by atoms with van der Waals surface area (Å²) in [6, 6.07) is 7.86. The number of hydrogen-bond donors (Lipinski definition) is 2. The fourth-order valence-corrected chi connectivity index (χ4v) is 1.69. The summed E-state index contributed by atoms with van der Waals surface area (Å²) in [6.45, 7) is 0. The quantitative estimate of drug-likeness (QED) is 0.806. The van der Waals surface area contributed by atoms with Gasteiger partial charge in [0.15, 0.2) is 0 Å². The third-order valence-corrected chi connectivity index (χ3v) is 2.54. The Kier molecular flexibility index (Phi) is 2.54. The van der Waals surface area contributed by atoms with Crippen LogP contribution in [0.4, 0.5) is 5.69 Å². The number of rotatable bonds is 2. The summed E-state index contributed by atoms with van der Waals surface area (Å²) in [5.41, 5.74) is 8.85. The van der Waals surface area contributed by atoms with Crippen molar-refractivity contribution in [2.24, 2.45) is 0 Å². The van der Waals surface area contributed by atoms with Gasteiger partial charge in [0.05, 0.1) is 0 Å². The first-order valence-corrected chi connectivity index (χ1v) is 5.07. The molecule has 0 aliphatic rings. The smallest absolute Gasteiger partial charge is 0.0490 e. The largest absolute Gasteiger partial charge is 0.398 e. The lowest BCUT2D eigenvalue weighted by molar-refractivity contribution is 0.997. The van der Waals surface area contributed by atoms with Crippen molar-refractivity contribution in [3.63, 3.8) is 0 Å². The average Bonchev–Trinajstić information content (AvgIpc) is 2.62. The molecule has 0 saturated heterocycles. The summed E-state index contributed by atoms with van der Waals surface area (Å²) >= 11 is 3.37. The van der Waals surface area contributed by atoms with Crippen LogP contribution in [0.5, 0.6) is 0 Å². The molecule has 3 nitrogen and oxygen atoms in total. The van der Waals surface area contributed by atoms with Gasteiger partial charge in [0.25, 0.3) is 0 Å². The van der Waals surface area contributed by atoms with Crippen LogP contribution in [-0.4, -0.2) is 10.2 Å². The van der Waals surface area contributed by atoms with Crippen molar-refractivity contribution in [1.82, 2.24) is 10.2 Å². The predicted molar refractivity (Wildman–Crippen MR) is 59.9 cm³/mol. The molecule has 0 aliphatic carbocycles. The minimum Gasteiger partial charge on any atom is -0.398 e. The second-order valence-electron chi connectivity index (χ2n) is 3.10. The molecule has 4 heteroatoms. The van der Waals surface area contributed by atoms with Gasteiger partial charge in [-0.25, -0.2) is 0 Å². The van der Waals surface area contributed by atoms with Gasteiger partial charge in [-0.15, -0.1) is 0 Å². The lowest BCUT2D eigenvalue weighted by Crippen LogP contribution is -1.95. The highest BCUT2D eigenvalue weighted by Gasteiger charge is 2.01. The molecule has 0 bridgehead atoms. The third kappa shape index (κ3) is 1.96. The van der Waals surface area contributed by atoms with E-state index in [2.05, 4.69) is 26.1 Å². The Morgan fingerprint density at radius 1 is 1.36 bits per heavy atom. The van der Waals surface area contributed by atoms with E-state index in [1.165, 1.54) is 0 Å². The number of hydrogen-bond acceptors (Lipinski definition) is 2.